The molecule has 1 atom stereocenters. The summed E-state index contributed by atoms with van der Waals surface area (Å²) in [5.74, 6) is -2.68. The maximum absolute atomic E-state index is 12.0. The van der Waals surface area contributed by atoms with E-state index in [-0.39, 0.29) is 25.7 Å². The highest BCUT2D eigenvalue weighted by molar-refractivity contribution is 5.89. The van der Waals surface area contributed by atoms with E-state index in [2.05, 4.69) is 13.8 Å². The molecule has 0 aliphatic heterocycles. The van der Waals surface area contributed by atoms with Gasteiger partial charge in [0.05, 0.1) is 0 Å². The second-order valence-corrected chi connectivity index (χ2v) is 9.94. The molecule has 0 saturated carbocycles. The molecular formula is C29H53NO6. The first-order chi connectivity index (χ1) is 17.4. The Labute approximate surface area is 219 Å². The van der Waals surface area contributed by atoms with Crippen LogP contribution < -0.4 is 5.73 Å². The number of rotatable bonds is 24. The number of carbonyl (C=O) groups is 4. The van der Waals surface area contributed by atoms with Crippen LogP contribution >= 0.6 is 0 Å². The number of esters is 4. The summed E-state index contributed by atoms with van der Waals surface area (Å²) in [5.41, 5.74) is 5.73. The number of unbranched alkanes of at least 4 members (excludes halogenated alkanes) is 16. The van der Waals surface area contributed by atoms with Crippen LogP contribution in [0.15, 0.2) is 0 Å². The number of hydrogen-bond donors (Lipinski definition) is 1. The van der Waals surface area contributed by atoms with E-state index in [0.717, 1.165) is 25.7 Å². The Morgan fingerprint density at radius 3 is 1.25 bits per heavy atom. The van der Waals surface area contributed by atoms with Crippen molar-refractivity contribution in [2.24, 2.45) is 5.73 Å². The molecule has 0 spiro atoms. The lowest BCUT2D eigenvalue weighted by molar-refractivity contribution is -0.160. The molecule has 0 bridgehead atoms. The molecule has 0 saturated heterocycles. The molecule has 0 fully saturated rings. The quantitative estimate of drug-likeness (QED) is 0.0837. The fourth-order valence-electron chi connectivity index (χ4n) is 4.02. The zero-order valence-electron chi connectivity index (χ0n) is 23.2. The van der Waals surface area contributed by atoms with Crippen LogP contribution in [0.1, 0.15) is 155 Å². The molecule has 210 valence electrons. The van der Waals surface area contributed by atoms with Crippen LogP contribution in [0, 0.1) is 0 Å². The molecule has 7 heteroatoms. The van der Waals surface area contributed by atoms with Crippen molar-refractivity contribution in [1.29, 1.82) is 0 Å². The molecule has 2 N–H and O–H groups in total. The van der Waals surface area contributed by atoms with Crippen LogP contribution in [0.2, 0.25) is 0 Å². The van der Waals surface area contributed by atoms with E-state index in [9.17, 15) is 19.2 Å². The van der Waals surface area contributed by atoms with E-state index in [1.54, 1.807) is 0 Å². The summed E-state index contributed by atoms with van der Waals surface area (Å²) >= 11 is 0. The summed E-state index contributed by atoms with van der Waals surface area (Å²) in [4.78, 5) is 47.4. The fourth-order valence-corrected chi connectivity index (χ4v) is 4.02. The van der Waals surface area contributed by atoms with Crippen molar-refractivity contribution in [3.05, 3.63) is 0 Å². The number of carbonyl (C=O) groups excluding carboxylic acids is 4. The minimum Gasteiger partial charge on any atom is -0.393 e. The van der Waals surface area contributed by atoms with Gasteiger partial charge in [0.15, 0.2) is 0 Å². The lowest BCUT2D eigenvalue weighted by Gasteiger charge is -2.10. The average Bonchev–Trinajstić information content (AvgIpc) is 2.85. The van der Waals surface area contributed by atoms with Crippen LogP contribution in [0.25, 0.3) is 0 Å². The highest BCUT2D eigenvalue weighted by Gasteiger charge is 2.21. The van der Waals surface area contributed by atoms with Gasteiger partial charge in [-0.1, -0.05) is 117 Å². The molecule has 0 aliphatic carbocycles. The molecule has 0 rings (SSSR count). The SMILES string of the molecule is CCCCCCCCCCCC(=O)OC(=O)CC[C@@H](N)C(=O)OC(=O)CCCCCCCCCCC. The molecule has 0 aromatic heterocycles. The molecule has 0 aromatic carbocycles. The number of nitrogens with two attached hydrogens (primary N) is 1. The van der Waals surface area contributed by atoms with E-state index in [1.807, 2.05) is 0 Å². The number of hydrogen-bond acceptors (Lipinski definition) is 7. The molecule has 36 heavy (non-hydrogen) atoms. The lowest BCUT2D eigenvalue weighted by Crippen LogP contribution is -2.34. The topological polar surface area (TPSA) is 113 Å². The molecular weight excluding hydrogens is 458 g/mol. The smallest absolute Gasteiger partial charge is 0.330 e. The Balaban J connectivity index is 3.74. The van der Waals surface area contributed by atoms with Crippen molar-refractivity contribution in [2.75, 3.05) is 0 Å². The molecule has 7 nitrogen and oxygen atoms in total. The summed E-state index contributed by atoms with van der Waals surface area (Å²) in [6.45, 7) is 4.40. The minimum atomic E-state index is -1.10. The molecule has 0 amide bonds. The zero-order valence-corrected chi connectivity index (χ0v) is 23.2. The van der Waals surface area contributed by atoms with Crippen LogP contribution in [0.5, 0.6) is 0 Å². The Morgan fingerprint density at radius 1 is 0.500 bits per heavy atom. The average molecular weight is 512 g/mol. The third kappa shape index (κ3) is 22.7. The highest BCUT2D eigenvalue weighted by atomic mass is 16.6. The molecule has 0 heterocycles. The summed E-state index contributed by atoms with van der Waals surface area (Å²) < 4.78 is 9.58. The third-order valence-corrected chi connectivity index (χ3v) is 6.37. The molecule has 0 aromatic rings. The zero-order chi connectivity index (χ0) is 26.9. The van der Waals surface area contributed by atoms with Crippen molar-refractivity contribution in [3.8, 4) is 0 Å². The third-order valence-electron chi connectivity index (χ3n) is 6.37. The number of ether oxygens (including phenoxy) is 2. The van der Waals surface area contributed by atoms with Gasteiger partial charge in [-0.05, 0) is 19.3 Å². The van der Waals surface area contributed by atoms with Gasteiger partial charge in [-0.3, -0.25) is 14.4 Å². The van der Waals surface area contributed by atoms with Gasteiger partial charge in [0.2, 0.25) is 0 Å². The van der Waals surface area contributed by atoms with Gasteiger partial charge in [0.25, 0.3) is 0 Å². The normalized spacial score (nSPS) is 11.8. The Bertz CT molecular complexity index is 592. The van der Waals surface area contributed by atoms with E-state index >= 15 is 0 Å². The summed E-state index contributed by atoms with van der Waals surface area (Å²) in [6.07, 6.45) is 20.6. The van der Waals surface area contributed by atoms with E-state index in [1.165, 1.54) is 77.0 Å². The Kier molecular flexibility index (Phi) is 23.7. The summed E-state index contributed by atoms with van der Waals surface area (Å²) in [7, 11) is 0. The Hall–Kier alpha value is -1.76. The molecule has 0 radical (unpaired) electrons. The second-order valence-electron chi connectivity index (χ2n) is 9.94. The Morgan fingerprint density at radius 2 is 0.833 bits per heavy atom. The van der Waals surface area contributed by atoms with E-state index < -0.39 is 29.9 Å². The standard InChI is InChI=1S/C29H53NO6/c1-3-5-7-9-11-13-15-17-19-21-26(31)35-28(33)24-23-25(30)29(34)36-27(32)22-20-18-16-14-12-10-8-6-4-2/h25H,3-24,30H2,1-2H3/t25-/m1/s1. The van der Waals surface area contributed by atoms with Crippen LogP contribution in [0.3, 0.4) is 0 Å². The van der Waals surface area contributed by atoms with Gasteiger partial charge < -0.3 is 15.2 Å². The first-order valence-electron chi connectivity index (χ1n) is 14.6. The van der Waals surface area contributed by atoms with Crippen molar-refractivity contribution < 1.29 is 28.7 Å². The first kappa shape index (κ1) is 34.2. The van der Waals surface area contributed by atoms with Crippen LogP contribution in [-0.2, 0) is 28.7 Å². The predicted molar refractivity (Wildman–Crippen MR) is 143 cm³/mol. The largest absolute Gasteiger partial charge is 0.393 e. The van der Waals surface area contributed by atoms with Gasteiger partial charge in [0, 0.05) is 19.3 Å². The highest BCUT2D eigenvalue weighted by Crippen LogP contribution is 2.12. The lowest BCUT2D eigenvalue weighted by atomic mass is 10.1. The minimum absolute atomic E-state index is 0.0334. The molecule has 0 unspecified atom stereocenters. The van der Waals surface area contributed by atoms with E-state index in [4.69, 9.17) is 15.2 Å². The monoisotopic (exact) mass is 511 g/mol. The van der Waals surface area contributed by atoms with Gasteiger partial charge >= 0.3 is 23.9 Å². The van der Waals surface area contributed by atoms with Gasteiger partial charge in [-0.15, -0.1) is 0 Å². The maximum Gasteiger partial charge on any atom is 0.330 e. The van der Waals surface area contributed by atoms with E-state index in [0.29, 0.717) is 12.8 Å². The van der Waals surface area contributed by atoms with Gasteiger partial charge in [0.1, 0.15) is 6.04 Å². The molecule has 0 aliphatic rings. The van der Waals surface area contributed by atoms with Crippen LogP contribution in [0.4, 0.5) is 0 Å². The second kappa shape index (κ2) is 24.9. The van der Waals surface area contributed by atoms with Crippen molar-refractivity contribution in [3.63, 3.8) is 0 Å². The van der Waals surface area contributed by atoms with Crippen molar-refractivity contribution in [1.82, 2.24) is 0 Å². The van der Waals surface area contributed by atoms with Gasteiger partial charge in [-0.25, -0.2) is 4.79 Å². The van der Waals surface area contributed by atoms with Crippen molar-refractivity contribution in [2.45, 2.75) is 161 Å². The van der Waals surface area contributed by atoms with Crippen LogP contribution in [-0.4, -0.2) is 29.9 Å². The maximum atomic E-state index is 12.0. The first-order valence-corrected chi connectivity index (χ1v) is 14.6. The fraction of sp³-hybridized carbons (Fsp3) is 0.862. The van der Waals surface area contributed by atoms with Crippen molar-refractivity contribution >= 4 is 23.9 Å². The summed E-state index contributed by atoms with van der Waals surface area (Å²) in [6, 6.07) is -1.10. The summed E-state index contributed by atoms with van der Waals surface area (Å²) in [5, 5.41) is 0. The predicted octanol–water partition coefficient (Wildman–Crippen LogP) is 7.08. The van der Waals surface area contributed by atoms with Gasteiger partial charge in [-0.2, -0.15) is 0 Å².